The highest BCUT2D eigenvalue weighted by atomic mass is 35.5. The van der Waals surface area contributed by atoms with Crippen molar-refractivity contribution in [2.24, 2.45) is 0 Å². The number of pyridine rings is 1. The summed E-state index contributed by atoms with van der Waals surface area (Å²) in [6.07, 6.45) is 3.63. The lowest BCUT2D eigenvalue weighted by molar-refractivity contribution is 0.0990. The summed E-state index contributed by atoms with van der Waals surface area (Å²) < 4.78 is 5.16. The molecule has 1 aromatic carbocycles. The molecule has 18 heavy (non-hydrogen) atoms. The number of rotatable bonds is 4. The van der Waals surface area contributed by atoms with Gasteiger partial charge in [0.2, 0.25) is 0 Å². The SMILES string of the molecule is COc1ccc(Cl)cc1C(=O)Cc1cccnc1. The molecule has 4 heteroatoms. The maximum Gasteiger partial charge on any atom is 0.171 e. The maximum atomic E-state index is 12.2. The predicted molar refractivity (Wildman–Crippen MR) is 70.3 cm³/mol. The minimum Gasteiger partial charge on any atom is -0.496 e. The average molecular weight is 262 g/mol. The second-order valence-electron chi connectivity index (χ2n) is 3.81. The van der Waals surface area contributed by atoms with Gasteiger partial charge in [0.15, 0.2) is 5.78 Å². The Morgan fingerprint density at radius 3 is 2.89 bits per heavy atom. The lowest BCUT2D eigenvalue weighted by atomic mass is 10.0. The Morgan fingerprint density at radius 2 is 2.22 bits per heavy atom. The van der Waals surface area contributed by atoms with Gasteiger partial charge in [-0.25, -0.2) is 0 Å². The molecule has 0 radical (unpaired) electrons. The summed E-state index contributed by atoms with van der Waals surface area (Å²) in [5, 5.41) is 0.519. The van der Waals surface area contributed by atoms with E-state index in [-0.39, 0.29) is 12.2 Å². The third kappa shape index (κ3) is 2.87. The van der Waals surface area contributed by atoms with E-state index in [9.17, 15) is 4.79 Å². The molecule has 0 spiro atoms. The van der Waals surface area contributed by atoms with Gasteiger partial charge in [0, 0.05) is 23.8 Å². The number of nitrogens with zero attached hydrogens (tertiary/aromatic N) is 1. The monoisotopic (exact) mass is 261 g/mol. The topological polar surface area (TPSA) is 39.2 Å². The van der Waals surface area contributed by atoms with Crippen molar-refractivity contribution in [2.75, 3.05) is 7.11 Å². The lowest BCUT2D eigenvalue weighted by Crippen LogP contribution is -2.06. The molecule has 1 aromatic heterocycles. The normalized spacial score (nSPS) is 10.1. The van der Waals surface area contributed by atoms with Gasteiger partial charge in [0.25, 0.3) is 0 Å². The Hall–Kier alpha value is -1.87. The molecule has 0 aliphatic rings. The van der Waals surface area contributed by atoms with Gasteiger partial charge in [-0.15, -0.1) is 0 Å². The van der Waals surface area contributed by atoms with Crippen molar-refractivity contribution in [1.29, 1.82) is 0 Å². The molecule has 0 saturated heterocycles. The summed E-state index contributed by atoms with van der Waals surface area (Å²) in [4.78, 5) is 16.2. The molecule has 3 nitrogen and oxygen atoms in total. The van der Waals surface area contributed by atoms with Crippen molar-refractivity contribution in [3.8, 4) is 5.75 Å². The van der Waals surface area contributed by atoms with Crippen LogP contribution in [0.15, 0.2) is 42.7 Å². The molecule has 2 rings (SSSR count). The number of carbonyl (C=O) groups is 1. The van der Waals surface area contributed by atoms with Gasteiger partial charge in [0.1, 0.15) is 5.75 Å². The zero-order chi connectivity index (χ0) is 13.0. The van der Waals surface area contributed by atoms with Crippen LogP contribution in [0.4, 0.5) is 0 Å². The molecule has 0 bridgehead atoms. The largest absolute Gasteiger partial charge is 0.496 e. The van der Waals surface area contributed by atoms with Crippen LogP contribution in [0.1, 0.15) is 15.9 Å². The quantitative estimate of drug-likeness (QED) is 0.794. The summed E-state index contributed by atoms with van der Waals surface area (Å²) in [5.74, 6) is 0.496. The zero-order valence-electron chi connectivity index (χ0n) is 9.89. The Labute approximate surface area is 110 Å². The van der Waals surface area contributed by atoms with Gasteiger partial charge in [-0.3, -0.25) is 9.78 Å². The number of hydrogen-bond acceptors (Lipinski definition) is 3. The Bertz CT molecular complexity index is 555. The van der Waals surface area contributed by atoms with Crippen LogP contribution in [0, 0.1) is 0 Å². The molecule has 0 unspecified atom stereocenters. The smallest absolute Gasteiger partial charge is 0.171 e. The first-order chi connectivity index (χ1) is 8.70. The molecule has 92 valence electrons. The van der Waals surface area contributed by atoms with E-state index >= 15 is 0 Å². The minimum atomic E-state index is -0.0395. The van der Waals surface area contributed by atoms with E-state index in [2.05, 4.69) is 4.98 Å². The second-order valence-corrected chi connectivity index (χ2v) is 4.24. The number of carbonyl (C=O) groups excluding carboxylic acids is 1. The van der Waals surface area contributed by atoms with Crippen molar-refractivity contribution >= 4 is 17.4 Å². The average Bonchev–Trinajstić information content (AvgIpc) is 2.40. The van der Waals surface area contributed by atoms with Crippen LogP contribution in [0.25, 0.3) is 0 Å². The Kier molecular flexibility index (Phi) is 3.95. The van der Waals surface area contributed by atoms with Crippen LogP contribution in [0.5, 0.6) is 5.75 Å². The summed E-state index contributed by atoms with van der Waals surface area (Å²) >= 11 is 5.90. The molecule has 0 N–H and O–H groups in total. The molecular formula is C14H12ClNO2. The Balaban J connectivity index is 2.26. The van der Waals surface area contributed by atoms with Crippen molar-refractivity contribution in [3.05, 3.63) is 58.9 Å². The predicted octanol–water partition coefficient (Wildman–Crippen LogP) is 3.17. The summed E-state index contributed by atoms with van der Waals surface area (Å²) in [7, 11) is 1.53. The molecule has 0 saturated carbocycles. The fourth-order valence-electron chi connectivity index (χ4n) is 1.68. The molecule has 0 atom stereocenters. The number of methoxy groups -OCH3 is 1. The second kappa shape index (κ2) is 5.65. The summed E-state index contributed by atoms with van der Waals surface area (Å²) in [5.41, 5.74) is 1.36. The number of Topliss-reactive ketones (excluding diaryl/α,β-unsaturated/α-hetero) is 1. The highest BCUT2D eigenvalue weighted by Crippen LogP contribution is 2.24. The first kappa shape index (κ1) is 12.6. The molecule has 0 aliphatic heterocycles. The molecule has 1 heterocycles. The highest BCUT2D eigenvalue weighted by Gasteiger charge is 2.13. The number of benzene rings is 1. The van der Waals surface area contributed by atoms with Crippen molar-refractivity contribution in [3.63, 3.8) is 0 Å². The number of ketones is 1. The number of hydrogen-bond donors (Lipinski definition) is 0. The molecule has 0 fully saturated rings. The van der Waals surface area contributed by atoms with Crippen molar-refractivity contribution < 1.29 is 9.53 Å². The molecule has 0 aliphatic carbocycles. The van der Waals surface area contributed by atoms with Crippen LogP contribution in [0.3, 0.4) is 0 Å². The van der Waals surface area contributed by atoms with Crippen LogP contribution in [-0.4, -0.2) is 17.9 Å². The van der Waals surface area contributed by atoms with Gasteiger partial charge in [-0.05, 0) is 29.8 Å². The third-order valence-corrected chi connectivity index (χ3v) is 2.78. The van der Waals surface area contributed by atoms with Crippen molar-refractivity contribution in [1.82, 2.24) is 4.98 Å². The van der Waals surface area contributed by atoms with E-state index in [0.29, 0.717) is 16.3 Å². The fourth-order valence-corrected chi connectivity index (χ4v) is 1.85. The van der Waals surface area contributed by atoms with Crippen LogP contribution in [-0.2, 0) is 6.42 Å². The van der Waals surface area contributed by atoms with Gasteiger partial charge in [0.05, 0.1) is 12.7 Å². The molecule has 2 aromatic rings. The fraction of sp³-hybridized carbons (Fsp3) is 0.143. The summed E-state index contributed by atoms with van der Waals surface area (Å²) in [6.45, 7) is 0. The first-order valence-electron chi connectivity index (χ1n) is 5.46. The van der Waals surface area contributed by atoms with E-state index < -0.39 is 0 Å². The first-order valence-corrected chi connectivity index (χ1v) is 5.84. The minimum absolute atomic E-state index is 0.0395. The van der Waals surface area contributed by atoms with Crippen LogP contribution >= 0.6 is 11.6 Å². The van der Waals surface area contributed by atoms with Crippen LogP contribution in [0.2, 0.25) is 5.02 Å². The van der Waals surface area contributed by atoms with E-state index in [1.54, 1.807) is 36.7 Å². The highest BCUT2D eigenvalue weighted by molar-refractivity contribution is 6.31. The zero-order valence-corrected chi connectivity index (χ0v) is 10.6. The van der Waals surface area contributed by atoms with E-state index in [1.807, 2.05) is 6.07 Å². The van der Waals surface area contributed by atoms with Gasteiger partial charge < -0.3 is 4.74 Å². The number of ether oxygens (including phenoxy) is 1. The van der Waals surface area contributed by atoms with Crippen molar-refractivity contribution in [2.45, 2.75) is 6.42 Å². The van der Waals surface area contributed by atoms with E-state index in [1.165, 1.54) is 7.11 Å². The van der Waals surface area contributed by atoms with Gasteiger partial charge in [-0.1, -0.05) is 17.7 Å². The third-order valence-electron chi connectivity index (χ3n) is 2.55. The lowest BCUT2D eigenvalue weighted by Gasteiger charge is -2.07. The van der Waals surface area contributed by atoms with Crippen LogP contribution < -0.4 is 4.74 Å². The molecular weight excluding hydrogens is 250 g/mol. The number of halogens is 1. The number of aromatic nitrogens is 1. The van der Waals surface area contributed by atoms with E-state index in [4.69, 9.17) is 16.3 Å². The maximum absolute atomic E-state index is 12.2. The molecule has 0 amide bonds. The Morgan fingerprint density at radius 1 is 1.39 bits per heavy atom. The van der Waals surface area contributed by atoms with Gasteiger partial charge in [-0.2, -0.15) is 0 Å². The van der Waals surface area contributed by atoms with Gasteiger partial charge >= 0.3 is 0 Å². The summed E-state index contributed by atoms with van der Waals surface area (Å²) in [6, 6.07) is 8.68. The van der Waals surface area contributed by atoms with E-state index in [0.717, 1.165) is 5.56 Å². The standard InChI is InChI=1S/C14H12ClNO2/c1-18-14-5-4-11(15)8-12(14)13(17)7-10-3-2-6-16-9-10/h2-6,8-9H,7H2,1H3.